The Kier molecular flexibility index (Phi) is 7.56. The Hall–Kier alpha value is -1.92. The van der Waals surface area contributed by atoms with Crippen LogP contribution in [0, 0.1) is 0 Å². The summed E-state index contributed by atoms with van der Waals surface area (Å²) in [4.78, 5) is 24.0. The molecule has 0 radical (unpaired) electrons. The lowest BCUT2D eigenvalue weighted by atomic mass is 10.1. The standard InChI is InChI=1S/C16H22O6/c1-11(17)7-9-21-15(19)13-5-3-4-6-14(13)16(20)22-10-8-12(2)18/h3-6,11-12,17-18H,7-10H2,1-2H3. The molecule has 1 rings (SSSR count). The first-order valence-corrected chi connectivity index (χ1v) is 7.21. The van der Waals surface area contributed by atoms with E-state index in [1.54, 1.807) is 26.0 Å². The molecule has 0 amide bonds. The molecule has 1 aromatic carbocycles. The number of aliphatic hydroxyl groups excluding tert-OH is 2. The molecule has 2 N–H and O–H groups in total. The first-order chi connectivity index (χ1) is 10.4. The Morgan fingerprint density at radius 3 is 1.59 bits per heavy atom. The van der Waals surface area contributed by atoms with Gasteiger partial charge in [0.2, 0.25) is 0 Å². The molecular formula is C16H22O6. The molecule has 0 saturated heterocycles. The SMILES string of the molecule is CC(O)CCOC(=O)c1ccccc1C(=O)OCCC(C)O. The zero-order valence-electron chi connectivity index (χ0n) is 12.8. The van der Waals surface area contributed by atoms with Gasteiger partial charge in [0.1, 0.15) is 0 Å². The third-order valence-corrected chi connectivity index (χ3v) is 2.90. The van der Waals surface area contributed by atoms with E-state index in [0.717, 1.165) is 0 Å². The average Bonchev–Trinajstić information content (AvgIpc) is 2.46. The minimum absolute atomic E-state index is 0.0713. The van der Waals surface area contributed by atoms with Crippen molar-refractivity contribution in [2.24, 2.45) is 0 Å². The van der Waals surface area contributed by atoms with Crippen LogP contribution < -0.4 is 0 Å². The van der Waals surface area contributed by atoms with E-state index in [-0.39, 0.29) is 24.3 Å². The van der Waals surface area contributed by atoms with Gasteiger partial charge in [0.15, 0.2) is 0 Å². The van der Waals surface area contributed by atoms with Gasteiger partial charge in [-0.1, -0.05) is 12.1 Å². The van der Waals surface area contributed by atoms with E-state index in [0.29, 0.717) is 12.8 Å². The smallest absolute Gasteiger partial charge is 0.339 e. The molecule has 0 heterocycles. The number of benzene rings is 1. The van der Waals surface area contributed by atoms with Crippen molar-refractivity contribution in [1.82, 2.24) is 0 Å². The summed E-state index contributed by atoms with van der Waals surface area (Å²) in [5.41, 5.74) is 0.241. The van der Waals surface area contributed by atoms with Gasteiger partial charge in [0.25, 0.3) is 0 Å². The first kappa shape index (κ1) is 18.1. The summed E-state index contributed by atoms with van der Waals surface area (Å²) in [5, 5.41) is 18.3. The summed E-state index contributed by atoms with van der Waals surface area (Å²) in [5.74, 6) is -1.27. The van der Waals surface area contributed by atoms with Crippen molar-refractivity contribution in [3.8, 4) is 0 Å². The minimum Gasteiger partial charge on any atom is -0.462 e. The zero-order valence-corrected chi connectivity index (χ0v) is 12.8. The van der Waals surface area contributed by atoms with E-state index in [4.69, 9.17) is 19.7 Å². The van der Waals surface area contributed by atoms with Crippen molar-refractivity contribution in [1.29, 1.82) is 0 Å². The summed E-state index contributed by atoms with van der Waals surface area (Å²) >= 11 is 0. The lowest BCUT2D eigenvalue weighted by molar-refractivity contribution is 0.0396. The molecule has 0 saturated carbocycles. The van der Waals surface area contributed by atoms with Crippen LogP contribution in [0.1, 0.15) is 47.4 Å². The highest BCUT2D eigenvalue weighted by Crippen LogP contribution is 2.12. The maximum Gasteiger partial charge on any atom is 0.339 e. The van der Waals surface area contributed by atoms with E-state index in [1.165, 1.54) is 12.1 Å². The van der Waals surface area contributed by atoms with Gasteiger partial charge in [0, 0.05) is 12.8 Å². The van der Waals surface area contributed by atoms with E-state index in [9.17, 15) is 9.59 Å². The van der Waals surface area contributed by atoms with Crippen molar-refractivity contribution < 1.29 is 29.3 Å². The van der Waals surface area contributed by atoms with Gasteiger partial charge < -0.3 is 19.7 Å². The number of aliphatic hydroxyl groups is 2. The minimum atomic E-state index is -0.635. The topological polar surface area (TPSA) is 93.1 Å². The number of carbonyl (C=O) groups is 2. The predicted molar refractivity (Wildman–Crippen MR) is 79.6 cm³/mol. The van der Waals surface area contributed by atoms with Crippen LogP contribution in [0.15, 0.2) is 24.3 Å². The molecule has 0 aliphatic carbocycles. The van der Waals surface area contributed by atoms with E-state index in [2.05, 4.69) is 0 Å². The maximum atomic E-state index is 12.0. The van der Waals surface area contributed by atoms with E-state index in [1.807, 2.05) is 0 Å². The highest BCUT2D eigenvalue weighted by atomic mass is 16.5. The van der Waals surface area contributed by atoms with Crippen molar-refractivity contribution >= 4 is 11.9 Å². The molecule has 0 aromatic heterocycles. The molecule has 6 heteroatoms. The Morgan fingerprint density at radius 2 is 1.27 bits per heavy atom. The molecule has 0 aliphatic heterocycles. The van der Waals surface area contributed by atoms with Crippen molar-refractivity contribution in [3.05, 3.63) is 35.4 Å². The van der Waals surface area contributed by atoms with E-state index >= 15 is 0 Å². The van der Waals surface area contributed by atoms with Crippen LogP contribution in [-0.4, -0.2) is 47.6 Å². The summed E-state index contributed by atoms with van der Waals surface area (Å²) in [6.07, 6.45) is -0.471. The molecular weight excluding hydrogens is 288 g/mol. The van der Waals surface area contributed by atoms with Gasteiger partial charge in [-0.2, -0.15) is 0 Å². The van der Waals surface area contributed by atoms with Crippen molar-refractivity contribution in [2.75, 3.05) is 13.2 Å². The van der Waals surface area contributed by atoms with Gasteiger partial charge in [-0.25, -0.2) is 9.59 Å². The van der Waals surface area contributed by atoms with Crippen molar-refractivity contribution in [2.45, 2.75) is 38.9 Å². The molecule has 2 unspecified atom stereocenters. The second-order valence-corrected chi connectivity index (χ2v) is 5.09. The Labute approximate surface area is 129 Å². The second-order valence-electron chi connectivity index (χ2n) is 5.09. The number of ether oxygens (including phenoxy) is 2. The van der Waals surface area contributed by atoms with Gasteiger partial charge in [-0.15, -0.1) is 0 Å². The highest BCUT2D eigenvalue weighted by Gasteiger charge is 2.19. The quantitative estimate of drug-likeness (QED) is 0.708. The van der Waals surface area contributed by atoms with Crippen LogP contribution in [0.4, 0.5) is 0 Å². The molecule has 2 atom stereocenters. The Bertz CT molecular complexity index is 450. The third-order valence-electron chi connectivity index (χ3n) is 2.90. The van der Waals surface area contributed by atoms with Crippen LogP contribution in [0.3, 0.4) is 0 Å². The molecule has 122 valence electrons. The number of hydrogen-bond donors (Lipinski definition) is 2. The Morgan fingerprint density at radius 1 is 0.909 bits per heavy atom. The monoisotopic (exact) mass is 310 g/mol. The van der Waals surface area contributed by atoms with Crippen LogP contribution in [0.25, 0.3) is 0 Å². The predicted octanol–water partition coefficient (Wildman–Crippen LogP) is 1.54. The van der Waals surface area contributed by atoms with Gasteiger partial charge >= 0.3 is 11.9 Å². The van der Waals surface area contributed by atoms with Crippen LogP contribution in [0.5, 0.6) is 0 Å². The summed E-state index contributed by atoms with van der Waals surface area (Å²) in [7, 11) is 0. The summed E-state index contributed by atoms with van der Waals surface area (Å²) in [6, 6.07) is 6.21. The fourth-order valence-corrected chi connectivity index (χ4v) is 1.64. The molecule has 6 nitrogen and oxygen atoms in total. The fourth-order valence-electron chi connectivity index (χ4n) is 1.64. The number of esters is 2. The molecule has 22 heavy (non-hydrogen) atoms. The zero-order chi connectivity index (χ0) is 16.5. The molecule has 0 bridgehead atoms. The molecule has 0 aliphatic rings. The van der Waals surface area contributed by atoms with Gasteiger partial charge in [-0.05, 0) is 26.0 Å². The number of rotatable bonds is 8. The average molecular weight is 310 g/mol. The summed E-state index contributed by atoms with van der Waals surface area (Å²) in [6.45, 7) is 3.34. The molecule has 0 spiro atoms. The van der Waals surface area contributed by atoms with Crippen LogP contribution in [0.2, 0.25) is 0 Å². The largest absolute Gasteiger partial charge is 0.462 e. The Balaban J connectivity index is 2.68. The van der Waals surface area contributed by atoms with E-state index < -0.39 is 24.1 Å². The second kappa shape index (κ2) is 9.17. The molecule has 1 aromatic rings. The number of carbonyl (C=O) groups excluding carboxylic acids is 2. The van der Waals surface area contributed by atoms with Crippen LogP contribution >= 0.6 is 0 Å². The van der Waals surface area contributed by atoms with Crippen LogP contribution in [-0.2, 0) is 9.47 Å². The lowest BCUT2D eigenvalue weighted by Gasteiger charge is -2.11. The molecule has 0 fully saturated rings. The first-order valence-electron chi connectivity index (χ1n) is 7.21. The van der Waals surface area contributed by atoms with Gasteiger partial charge in [-0.3, -0.25) is 0 Å². The normalized spacial score (nSPS) is 13.3. The van der Waals surface area contributed by atoms with Gasteiger partial charge in [0.05, 0.1) is 36.5 Å². The summed E-state index contributed by atoms with van der Waals surface area (Å²) < 4.78 is 10.1. The number of hydrogen-bond acceptors (Lipinski definition) is 6. The highest BCUT2D eigenvalue weighted by molar-refractivity contribution is 6.03. The maximum absolute atomic E-state index is 12.0. The van der Waals surface area contributed by atoms with Crippen molar-refractivity contribution in [3.63, 3.8) is 0 Å². The fraction of sp³-hybridized carbons (Fsp3) is 0.500. The lowest BCUT2D eigenvalue weighted by Crippen LogP contribution is -2.17. The third kappa shape index (κ3) is 6.24.